The lowest BCUT2D eigenvalue weighted by molar-refractivity contribution is -0.135. The van der Waals surface area contributed by atoms with E-state index in [1.165, 1.54) is 12.8 Å². The molecule has 1 aliphatic carbocycles. The van der Waals surface area contributed by atoms with Crippen molar-refractivity contribution in [1.29, 1.82) is 0 Å². The van der Waals surface area contributed by atoms with Crippen molar-refractivity contribution in [2.45, 2.75) is 130 Å². The van der Waals surface area contributed by atoms with Crippen molar-refractivity contribution in [3.8, 4) is 0 Å². The van der Waals surface area contributed by atoms with Crippen LogP contribution in [0.3, 0.4) is 0 Å². The first-order valence-electron chi connectivity index (χ1n) is 15.3. The summed E-state index contributed by atoms with van der Waals surface area (Å²) in [6.45, 7) is 14.0. The van der Waals surface area contributed by atoms with E-state index in [9.17, 15) is 4.79 Å². The first kappa shape index (κ1) is 34.1. The topological polar surface area (TPSA) is 69.5 Å². The first-order valence-corrected chi connectivity index (χ1v) is 18.7. The quantitative estimate of drug-likeness (QED) is 0.0586. The molecular weight excluding hydrogens is 492 g/mol. The molecule has 0 aliphatic heterocycles. The van der Waals surface area contributed by atoms with Gasteiger partial charge in [0.15, 0.2) is 0 Å². The maximum absolute atomic E-state index is 12.0. The minimum Gasteiger partial charge on any atom is -0.520 e. The van der Waals surface area contributed by atoms with Gasteiger partial charge >= 0.3 is 0 Å². The fraction of sp³-hybridized carbons (Fsp3) is 0.774. The lowest BCUT2D eigenvalue weighted by Crippen LogP contribution is -2.28. The summed E-state index contributed by atoms with van der Waals surface area (Å²) in [5, 5.41) is 8.96. The number of rotatable bonds is 22. The summed E-state index contributed by atoms with van der Waals surface area (Å²) in [4.78, 5) is 23.2. The van der Waals surface area contributed by atoms with Crippen molar-refractivity contribution in [3.05, 3.63) is 24.3 Å². The first-order chi connectivity index (χ1) is 18.3. The molecule has 0 bridgehead atoms. The Kier molecular flexibility index (Phi) is 18.9. The molecule has 38 heavy (non-hydrogen) atoms. The van der Waals surface area contributed by atoms with E-state index in [1.54, 1.807) is 0 Å². The molecule has 2 atom stereocenters. The molecule has 7 heteroatoms. The van der Waals surface area contributed by atoms with E-state index in [1.807, 2.05) is 0 Å². The average molecular weight is 549 g/mol. The van der Waals surface area contributed by atoms with Gasteiger partial charge in [-0.3, -0.25) is 4.79 Å². The third-order valence-electron chi connectivity index (χ3n) is 6.48. The van der Waals surface area contributed by atoms with Crippen molar-refractivity contribution >= 4 is 25.7 Å². The molecule has 0 spiro atoms. The molecule has 6 nitrogen and oxygen atoms in total. The largest absolute Gasteiger partial charge is 0.520 e. The summed E-state index contributed by atoms with van der Waals surface area (Å²) in [7, 11) is -1.79. The smallest absolute Gasteiger partial charge is 0.292 e. The van der Waals surface area contributed by atoms with Crippen LogP contribution >= 0.6 is 0 Å². The maximum atomic E-state index is 12.0. The van der Waals surface area contributed by atoms with Crippen LogP contribution in [0.1, 0.15) is 111 Å². The minimum atomic E-state index is -1.79. The van der Waals surface area contributed by atoms with Gasteiger partial charge in [-0.25, -0.2) is 0 Å². The van der Waals surface area contributed by atoms with Crippen LogP contribution in [-0.4, -0.2) is 38.9 Å². The molecule has 0 amide bonds. The summed E-state index contributed by atoms with van der Waals surface area (Å²) >= 11 is 0. The molecule has 218 valence electrons. The van der Waals surface area contributed by atoms with Gasteiger partial charge in [-0.1, -0.05) is 88.2 Å². The van der Waals surface area contributed by atoms with Gasteiger partial charge in [-0.15, -0.1) is 0 Å². The zero-order valence-electron chi connectivity index (χ0n) is 25.3. The molecule has 0 radical (unpaired) electrons. The fourth-order valence-corrected chi connectivity index (χ4v) is 5.07. The van der Waals surface area contributed by atoms with E-state index in [0.717, 1.165) is 82.1 Å². The van der Waals surface area contributed by atoms with E-state index in [-0.39, 0.29) is 11.9 Å². The molecule has 1 rings (SSSR count). The van der Waals surface area contributed by atoms with Crippen molar-refractivity contribution in [2.75, 3.05) is 13.2 Å². The second-order valence-corrected chi connectivity index (χ2v) is 15.8. The molecule has 0 saturated heterocycles. The highest BCUT2D eigenvalue weighted by atomic mass is 28.4. The zero-order valence-corrected chi connectivity index (χ0v) is 26.3. The van der Waals surface area contributed by atoms with Crippen LogP contribution in [0.5, 0.6) is 0 Å². The summed E-state index contributed by atoms with van der Waals surface area (Å²) in [5.41, 5.74) is 2.06. The Morgan fingerprint density at radius 2 is 1.53 bits per heavy atom. The third-order valence-corrected chi connectivity index (χ3v) is 7.32. The Balaban J connectivity index is 2.71. The monoisotopic (exact) mass is 548 g/mol. The van der Waals surface area contributed by atoms with Crippen LogP contribution in [-0.2, 0) is 18.9 Å². The van der Waals surface area contributed by atoms with E-state index in [0.29, 0.717) is 25.6 Å². The number of carbonyl (C=O) groups is 1. The number of hydrogen-bond acceptors (Lipinski definition) is 6. The van der Waals surface area contributed by atoms with Gasteiger partial charge in [0.25, 0.3) is 5.97 Å². The number of nitrogens with zero attached hydrogens (tertiary/aromatic N) is 2. The van der Waals surface area contributed by atoms with Crippen LogP contribution in [0.2, 0.25) is 19.6 Å². The van der Waals surface area contributed by atoms with Gasteiger partial charge < -0.3 is 14.1 Å². The van der Waals surface area contributed by atoms with Gasteiger partial charge in [0, 0.05) is 18.3 Å². The van der Waals surface area contributed by atoms with E-state index in [4.69, 9.17) is 14.1 Å². The van der Waals surface area contributed by atoms with E-state index in [2.05, 4.69) is 75.0 Å². The number of oxime groups is 2. The number of unbranched alkanes of at least 4 members (excludes halogenated alkanes) is 7. The van der Waals surface area contributed by atoms with Crippen molar-refractivity contribution in [3.63, 3.8) is 0 Å². The predicted molar refractivity (Wildman–Crippen MR) is 163 cm³/mol. The van der Waals surface area contributed by atoms with Gasteiger partial charge in [-0.05, 0) is 70.3 Å². The Labute approximate surface area is 234 Å². The van der Waals surface area contributed by atoms with Crippen molar-refractivity contribution in [2.24, 2.45) is 22.1 Å². The fourth-order valence-electron chi connectivity index (χ4n) is 4.29. The number of carbonyl (C=O) groups excluding carboxylic acids is 1. The highest BCUT2D eigenvalue weighted by molar-refractivity contribution is 6.71. The Morgan fingerprint density at radius 3 is 2.21 bits per heavy atom. The van der Waals surface area contributed by atoms with E-state index >= 15 is 0 Å². The molecule has 0 N–H and O–H groups in total. The van der Waals surface area contributed by atoms with Crippen LogP contribution in [0, 0.1) is 11.8 Å². The molecule has 1 aliphatic rings. The third kappa shape index (κ3) is 16.8. The van der Waals surface area contributed by atoms with Gasteiger partial charge in [0.05, 0.1) is 11.4 Å². The number of hydrogen-bond donors (Lipinski definition) is 0. The molecule has 0 heterocycles. The van der Waals surface area contributed by atoms with Crippen LogP contribution in [0.25, 0.3) is 0 Å². The van der Waals surface area contributed by atoms with Crippen molar-refractivity contribution in [1.82, 2.24) is 0 Å². The van der Waals surface area contributed by atoms with Crippen molar-refractivity contribution < 1.29 is 18.9 Å². The molecule has 0 saturated carbocycles. The Hall–Kier alpha value is -1.89. The lowest BCUT2D eigenvalue weighted by Gasteiger charge is -2.18. The zero-order chi connectivity index (χ0) is 28.1. The van der Waals surface area contributed by atoms with Crippen LogP contribution in [0.4, 0.5) is 0 Å². The highest BCUT2D eigenvalue weighted by Gasteiger charge is 2.27. The Bertz CT molecular complexity index is 755. The van der Waals surface area contributed by atoms with Gasteiger partial charge in [0.1, 0.15) is 13.2 Å². The molecular formula is C31H56N2O4Si. The summed E-state index contributed by atoms with van der Waals surface area (Å²) in [5.74, 6) is 0.549. The average Bonchev–Trinajstić information content (AvgIpc) is 3.25. The Morgan fingerprint density at radius 1 is 0.868 bits per heavy atom. The molecule has 0 aromatic rings. The molecule has 0 fully saturated rings. The van der Waals surface area contributed by atoms with Gasteiger partial charge in [-0.2, -0.15) is 0 Å². The van der Waals surface area contributed by atoms with E-state index < -0.39 is 8.32 Å². The van der Waals surface area contributed by atoms with Crippen LogP contribution in [0.15, 0.2) is 34.6 Å². The van der Waals surface area contributed by atoms with Gasteiger partial charge in [0.2, 0.25) is 8.32 Å². The second kappa shape index (κ2) is 21.0. The molecule has 0 aromatic carbocycles. The second-order valence-electron chi connectivity index (χ2n) is 11.4. The number of allylic oxidation sites excluding steroid dienone is 4. The maximum Gasteiger partial charge on any atom is 0.292 e. The highest BCUT2D eigenvalue weighted by Crippen LogP contribution is 2.30. The summed E-state index contributed by atoms with van der Waals surface area (Å²) in [6.07, 6.45) is 23.3. The lowest BCUT2D eigenvalue weighted by atomic mass is 9.88. The summed E-state index contributed by atoms with van der Waals surface area (Å²) < 4.78 is 5.56. The molecule has 0 aromatic heterocycles. The normalized spacial score (nSPS) is 19.0. The minimum absolute atomic E-state index is 0.0388. The summed E-state index contributed by atoms with van der Waals surface area (Å²) in [6, 6.07) is 0. The molecule has 0 unspecified atom stereocenters. The van der Waals surface area contributed by atoms with Crippen LogP contribution < -0.4 is 0 Å². The standard InChI is InChI=1S/C31H56N2O4Si/c1-7-10-15-18-28(32-35-25-11-8-2)23-21-27-22-24-30(33-36-26-12-9-3)29(27)19-16-13-14-17-20-31(34)37-38(4,5)6/h21-24,27,29H,7-20,25-26H2,1-6H3/b23-21+,32-28?,33-30+/t27-,29+/m0/s1. The SMILES string of the molecule is CCCCCC(/C=C/[C@H]1C=C/C(=N\OCCCC)[C@@H]1CCCCCCC(=O)O[Si](C)(C)C)=NOCCCC. The predicted octanol–water partition coefficient (Wildman–Crippen LogP) is 8.99.